The van der Waals surface area contributed by atoms with Crippen LogP contribution in [0, 0.1) is 11.3 Å². The van der Waals surface area contributed by atoms with Gasteiger partial charge in [-0.15, -0.1) is 0 Å². The number of hydrogen-bond donors (Lipinski definition) is 1. The molecule has 1 unspecified atom stereocenters. The van der Waals surface area contributed by atoms with E-state index in [1.165, 1.54) is 0 Å². The standard InChI is InChI=1S/C17H26ClNO2/c1-17(2,3)14(10-11-19)8-9-16(20)21-12-13-6-4-5-7-15(13)18/h4-7,14H,8-12,19H2,1-3H3. The third kappa shape index (κ3) is 6.49. The average molecular weight is 312 g/mol. The molecule has 1 rings (SSSR count). The molecule has 2 N–H and O–H groups in total. The Bertz CT molecular complexity index is 454. The van der Waals surface area contributed by atoms with Gasteiger partial charge in [-0.05, 0) is 36.8 Å². The molecule has 0 bridgehead atoms. The first-order valence-corrected chi connectivity index (χ1v) is 7.81. The molecule has 0 amide bonds. The van der Waals surface area contributed by atoms with E-state index in [1.807, 2.05) is 18.2 Å². The van der Waals surface area contributed by atoms with Crippen LogP contribution in [0.25, 0.3) is 0 Å². The minimum atomic E-state index is -0.179. The van der Waals surface area contributed by atoms with E-state index in [1.54, 1.807) is 6.07 Å². The van der Waals surface area contributed by atoms with E-state index in [4.69, 9.17) is 22.1 Å². The molecule has 21 heavy (non-hydrogen) atoms. The lowest BCUT2D eigenvalue weighted by Crippen LogP contribution is -2.24. The van der Waals surface area contributed by atoms with Gasteiger partial charge >= 0.3 is 5.97 Å². The van der Waals surface area contributed by atoms with Gasteiger partial charge in [0.25, 0.3) is 0 Å². The van der Waals surface area contributed by atoms with E-state index in [0.29, 0.717) is 23.9 Å². The number of halogens is 1. The third-order valence-electron chi connectivity index (χ3n) is 3.78. The average Bonchev–Trinajstić information content (AvgIpc) is 2.41. The van der Waals surface area contributed by atoms with Crippen molar-refractivity contribution in [1.29, 1.82) is 0 Å². The molecule has 4 heteroatoms. The van der Waals surface area contributed by atoms with Crippen LogP contribution in [0.3, 0.4) is 0 Å². The van der Waals surface area contributed by atoms with Crippen LogP contribution < -0.4 is 5.73 Å². The summed E-state index contributed by atoms with van der Waals surface area (Å²) in [7, 11) is 0. The normalized spacial score (nSPS) is 13.0. The van der Waals surface area contributed by atoms with Gasteiger partial charge in [0, 0.05) is 17.0 Å². The van der Waals surface area contributed by atoms with Crippen LogP contribution >= 0.6 is 11.6 Å². The zero-order valence-electron chi connectivity index (χ0n) is 13.2. The quantitative estimate of drug-likeness (QED) is 0.769. The summed E-state index contributed by atoms with van der Waals surface area (Å²) in [6, 6.07) is 7.39. The largest absolute Gasteiger partial charge is 0.461 e. The smallest absolute Gasteiger partial charge is 0.306 e. The first-order valence-electron chi connectivity index (χ1n) is 7.43. The molecule has 1 atom stereocenters. The lowest BCUT2D eigenvalue weighted by molar-refractivity contribution is -0.145. The van der Waals surface area contributed by atoms with Crippen LogP contribution in [0.1, 0.15) is 45.6 Å². The Morgan fingerprint density at radius 2 is 1.95 bits per heavy atom. The molecule has 0 aliphatic rings. The molecular formula is C17H26ClNO2. The molecule has 0 aliphatic carbocycles. The number of nitrogens with two attached hydrogens (primary N) is 1. The summed E-state index contributed by atoms with van der Waals surface area (Å²) in [5.41, 5.74) is 6.64. The van der Waals surface area contributed by atoms with Crippen molar-refractivity contribution in [1.82, 2.24) is 0 Å². The lowest BCUT2D eigenvalue weighted by atomic mass is 9.76. The molecule has 0 spiro atoms. The van der Waals surface area contributed by atoms with Gasteiger partial charge in [-0.25, -0.2) is 0 Å². The van der Waals surface area contributed by atoms with Crippen molar-refractivity contribution >= 4 is 17.6 Å². The number of benzene rings is 1. The summed E-state index contributed by atoms with van der Waals surface area (Å²) in [5.74, 6) is 0.247. The van der Waals surface area contributed by atoms with Gasteiger partial charge in [-0.3, -0.25) is 4.79 Å². The summed E-state index contributed by atoms with van der Waals surface area (Å²) >= 11 is 6.03. The van der Waals surface area contributed by atoms with E-state index in [-0.39, 0.29) is 18.0 Å². The fourth-order valence-corrected chi connectivity index (χ4v) is 2.54. The van der Waals surface area contributed by atoms with Crippen molar-refractivity contribution in [3.05, 3.63) is 34.9 Å². The van der Waals surface area contributed by atoms with Crippen molar-refractivity contribution in [3.8, 4) is 0 Å². The highest BCUT2D eigenvalue weighted by Crippen LogP contribution is 2.32. The van der Waals surface area contributed by atoms with Gasteiger partial charge in [0.05, 0.1) is 0 Å². The van der Waals surface area contributed by atoms with Crippen LogP contribution in [0.4, 0.5) is 0 Å². The second-order valence-corrected chi connectivity index (χ2v) is 6.84. The van der Waals surface area contributed by atoms with Crippen molar-refractivity contribution < 1.29 is 9.53 Å². The first kappa shape index (κ1) is 18.0. The van der Waals surface area contributed by atoms with E-state index < -0.39 is 0 Å². The minimum Gasteiger partial charge on any atom is -0.461 e. The van der Waals surface area contributed by atoms with Crippen LogP contribution in [-0.2, 0) is 16.1 Å². The maximum absolute atomic E-state index is 11.9. The zero-order chi connectivity index (χ0) is 15.9. The maximum Gasteiger partial charge on any atom is 0.306 e. The Labute approximate surface area is 132 Å². The third-order valence-corrected chi connectivity index (χ3v) is 4.15. The summed E-state index contributed by atoms with van der Waals surface area (Å²) in [6.07, 6.45) is 2.16. The number of carbonyl (C=O) groups excluding carboxylic acids is 1. The van der Waals surface area contributed by atoms with Crippen LogP contribution in [0.15, 0.2) is 24.3 Å². The molecule has 0 radical (unpaired) electrons. The molecule has 0 saturated heterocycles. The summed E-state index contributed by atoms with van der Waals surface area (Å²) in [5, 5.41) is 0.626. The van der Waals surface area contributed by atoms with Crippen molar-refractivity contribution in [3.63, 3.8) is 0 Å². The minimum absolute atomic E-state index is 0.155. The second kappa shape index (κ2) is 8.40. The Kier molecular flexibility index (Phi) is 7.20. The molecule has 1 aromatic rings. The fraction of sp³-hybridized carbons (Fsp3) is 0.588. The SMILES string of the molecule is CC(C)(C)C(CCN)CCC(=O)OCc1ccccc1Cl. The molecule has 118 valence electrons. The Hall–Kier alpha value is -1.06. The highest BCUT2D eigenvalue weighted by atomic mass is 35.5. The number of rotatable bonds is 7. The highest BCUT2D eigenvalue weighted by molar-refractivity contribution is 6.31. The molecular weight excluding hydrogens is 286 g/mol. The van der Waals surface area contributed by atoms with Crippen molar-refractivity contribution in [2.75, 3.05) is 6.54 Å². The second-order valence-electron chi connectivity index (χ2n) is 6.43. The maximum atomic E-state index is 11.9. The van der Waals surface area contributed by atoms with E-state index in [9.17, 15) is 4.79 Å². The monoisotopic (exact) mass is 311 g/mol. The first-order chi connectivity index (χ1) is 9.84. The summed E-state index contributed by atoms with van der Waals surface area (Å²) < 4.78 is 5.30. The number of ether oxygens (including phenoxy) is 1. The molecule has 0 aliphatic heterocycles. The van der Waals surface area contributed by atoms with Crippen LogP contribution in [0.5, 0.6) is 0 Å². The molecule has 1 aromatic carbocycles. The molecule has 0 fully saturated rings. The Morgan fingerprint density at radius 1 is 1.29 bits per heavy atom. The van der Waals surface area contributed by atoms with Crippen molar-refractivity contribution in [2.45, 2.75) is 46.6 Å². The van der Waals surface area contributed by atoms with Gasteiger partial charge in [-0.2, -0.15) is 0 Å². The Morgan fingerprint density at radius 3 is 2.52 bits per heavy atom. The van der Waals surface area contributed by atoms with E-state index in [2.05, 4.69) is 20.8 Å². The van der Waals surface area contributed by atoms with Crippen LogP contribution in [0.2, 0.25) is 5.02 Å². The summed E-state index contributed by atoms with van der Waals surface area (Å²) in [4.78, 5) is 11.9. The van der Waals surface area contributed by atoms with Gasteiger partial charge < -0.3 is 10.5 Å². The van der Waals surface area contributed by atoms with E-state index in [0.717, 1.165) is 18.4 Å². The van der Waals surface area contributed by atoms with Gasteiger partial charge in [-0.1, -0.05) is 50.6 Å². The lowest BCUT2D eigenvalue weighted by Gasteiger charge is -2.30. The fourth-order valence-electron chi connectivity index (χ4n) is 2.35. The summed E-state index contributed by atoms with van der Waals surface area (Å²) in [6.45, 7) is 7.43. The van der Waals surface area contributed by atoms with Crippen LogP contribution in [-0.4, -0.2) is 12.5 Å². The van der Waals surface area contributed by atoms with Crippen molar-refractivity contribution in [2.24, 2.45) is 17.1 Å². The molecule has 3 nitrogen and oxygen atoms in total. The molecule has 0 aromatic heterocycles. The number of carbonyl (C=O) groups is 1. The predicted molar refractivity (Wildman–Crippen MR) is 87.1 cm³/mol. The topological polar surface area (TPSA) is 52.3 Å². The highest BCUT2D eigenvalue weighted by Gasteiger charge is 2.24. The van der Waals surface area contributed by atoms with Gasteiger partial charge in [0.2, 0.25) is 0 Å². The van der Waals surface area contributed by atoms with Gasteiger partial charge in [0.15, 0.2) is 0 Å². The Balaban J connectivity index is 2.41. The molecule has 0 heterocycles. The van der Waals surface area contributed by atoms with Gasteiger partial charge in [0.1, 0.15) is 6.61 Å². The van der Waals surface area contributed by atoms with E-state index >= 15 is 0 Å². The number of esters is 1. The zero-order valence-corrected chi connectivity index (χ0v) is 14.0. The number of hydrogen-bond acceptors (Lipinski definition) is 3. The predicted octanol–water partition coefficient (Wildman–Crippen LogP) is 4.17. The molecule has 0 saturated carbocycles.